The number of allylic oxidation sites excluding steroid dienone is 2. The molecular formula is C61H96O28. The van der Waals surface area contributed by atoms with Gasteiger partial charge in [-0.1, -0.05) is 46.3 Å². The van der Waals surface area contributed by atoms with Crippen LogP contribution < -0.4 is 0 Å². The van der Waals surface area contributed by atoms with Gasteiger partial charge in [-0.15, -0.1) is 0 Å². The van der Waals surface area contributed by atoms with Gasteiger partial charge in [-0.2, -0.15) is 0 Å². The molecule has 0 unspecified atom stereocenters. The number of esters is 2. The molecule has 14 N–H and O–H groups in total. The Kier molecular flexibility index (Phi) is 19.8. The molecule has 0 amide bonds. The third-order valence-electron chi connectivity index (χ3n) is 23.6. The molecule has 4 saturated carbocycles. The predicted octanol–water partition coefficient (Wildman–Crippen LogP) is -1.88. The fourth-order valence-corrected chi connectivity index (χ4v) is 17.7. The molecule has 5 aliphatic heterocycles. The monoisotopic (exact) mass is 1280 g/mol. The standard InChI is InChI=1S/C61H96O28/c1-24-35(64)39(68)43(72)50(82-24)87-47-31(23-79-26(3)62)85-49(46(75)42(47)71)81-22-30-38(67)41(70)45(74)52(84-30)89-55(78)61-18-16-57(6,54(76)77)20-28(61)27-10-11-33-58(7)14-13-34(56(4,5)32(58)12-15-60(33,9)59(27,8)17-19-61)86-53-48(37(66)29(63)21-80-53)88-51-44(73)40(69)36(65)25(2)83-51/h10,24-25,28-53,63-75H,11-23H2,1-9H3,(H,76,77)/t24-,25-,28-,29-,30+,31+,32-,33+,34-,35-,36-,37-,38+,39+,40+,41-,42+,43+,44+,45+,46+,47+,48+,49+,50-,51-,52-,53-,57+,58-,59+,60+,61-/m0/s1. The summed E-state index contributed by atoms with van der Waals surface area (Å²) >= 11 is 0. The van der Waals surface area contributed by atoms with Gasteiger partial charge in [0.2, 0.25) is 6.29 Å². The van der Waals surface area contributed by atoms with Gasteiger partial charge in [0.15, 0.2) is 25.2 Å². The maximum Gasteiger partial charge on any atom is 0.315 e. The van der Waals surface area contributed by atoms with E-state index in [-0.39, 0.29) is 55.0 Å². The second kappa shape index (κ2) is 25.4. The fourth-order valence-electron chi connectivity index (χ4n) is 17.7. The number of hydrogen-bond donors (Lipinski definition) is 14. The summed E-state index contributed by atoms with van der Waals surface area (Å²) in [5, 5.41) is 152. The largest absolute Gasteiger partial charge is 0.481 e. The van der Waals surface area contributed by atoms with Crippen molar-refractivity contribution < 1.29 is 138 Å². The number of fused-ring (bicyclic) bond motifs is 7. The summed E-state index contributed by atoms with van der Waals surface area (Å²) in [5.74, 6) is -3.06. The van der Waals surface area contributed by atoms with E-state index in [1.54, 1.807) is 6.92 Å². The molecule has 28 nitrogen and oxygen atoms in total. The van der Waals surface area contributed by atoms with Crippen LogP contribution in [0.1, 0.15) is 127 Å². The molecule has 5 aliphatic carbocycles. The van der Waals surface area contributed by atoms with E-state index in [2.05, 4.69) is 40.7 Å². The highest BCUT2D eigenvalue weighted by Gasteiger charge is 2.71. The average Bonchev–Trinajstić information content (AvgIpc) is 0.679. The van der Waals surface area contributed by atoms with Gasteiger partial charge in [-0.05, 0) is 124 Å². The molecule has 28 heteroatoms. The number of aliphatic carboxylic acids is 1. The molecule has 5 saturated heterocycles. The molecule has 9 fully saturated rings. The lowest BCUT2D eigenvalue weighted by Gasteiger charge is -2.71. The molecule has 0 aromatic rings. The number of carbonyl (C=O) groups is 3. The summed E-state index contributed by atoms with van der Waals surface area (Å²) in [6.07, 6.45) is -32.1. The third-order valence-corrected chi connectivity index (χ3v) is 23.6. The second-order valence-corrected chi connectivity index (χ2v) is 29.0. The van der Waals surface area contributed by atoms with Crippen LogP contribution in [0.4, 0.5) is 0 Å². The zero-order chi connectivity index (χ0) is 65.2. The predicted molar refractivity (Wildman–Crippen MR) is 298 cm³/mol. The maximum absolute atomic E-state index is 15.3. The number of aliphatic hydroxyl groups excluding tert-OH is 13. The average molecular weight is 1280 g/mol. The number of aliphatic hydroxyl groups is 13. The van der Waals surface area contributed by atoms with Gasteiger partial charge < -0.3 is 124 Å². The lowest BCUT2D eigenvalue weighted by Crippen LogP contribution is -2.66. The van der Waals surface area contributed by atoms with Crippen molar-refractivity contribution in [1.29, 1.82) is 0 Å². The van der Waals surface area contributed by atoms with Crippen LogP contribution in [0.25, 0.3) is 0 Å². The van der Waals surface area contributed by atoms with Gasteiger partial charge in [0.1, 0.15) is 110 Å². The summed E-state index contributed by atoms with van der Waals surface area (Å²) < 4.78 is 64.9. The maximum atomic E-state index is 15.3. The van der Waals surface area contributed by atoms with Crippen molar-refractivity contribution in [3.63, 3.8) is 0 Å². The van der Waals surface area contributed by atoms with Crippen molar-refractivity contribution in [1.82, 2.24) is 0 Å². The van der Waals surface area contributed by atoms with Crippen LogP contribution in [-0.2, 0) is 66.5 Å². The number of ether oxygens (including phenoxy) is 11. The molecule has 0 radical (unpaired) electrons. The highest BCUT2D eigenvalue weighted by atomic mass is 16.8. The summed E-state index contributed by atoms with van der Waals surface area (Å²) in [7, 11) is 0. The molecule has 0 aromatic heterocycles. The van der Waals surface area contributed by atoms with Crippen LogP contribution in [0.15, 0.2) is 11.6 Å². The minimum absolute atomic E-state index is 0.0795. The first-order valence-corrected chi connectivity index (χ1v) is 31.5. The molecule has 10 aliphatic rings. The smallest absolute Gasteiger partial charge is 0.315 e. The van der Waals surface area contributed by atoms with Gasteiger partial charge in [0, 0.05) is 6.92 Å². The Hall–Kier alpha value is -2.73. The van der Waals surface area contributed by atoms with E-state index in [1.165, 1.54) is 13.8 Å². The van der Waals surface area contributed by atoms with Crippen molar-refractivity contribution >= 4 is 17.9 Å². The highest BCUT2D eigenvalue weighted by Crippen LogP contribution is 2.76. The number of carboxylic acids is 1. The van der Waals surface area contributed by atoms with Crippen molar-refractivity contribution in [3.05, 3.63) is 11.6 Å². The van der Waals surface area contributed by atoms with Crippen molar-refractivity contribution in [2.75, 3.05) is 19.8 Å². The molecule has 0 bridgehead atoms. The zero-order valence-electron chi connectivity index (χ0n) is 51.9. The Balaban J connectivity index is 0.847. The Bertz CT molecular complexity index is 2580. The third kappa shape index (κ3) is 11.9. The molecule has 0 aromatic carbocycles. The Morgan fingerprint density at radius 2 is 1.13 bits per heavy atom. The second-order valence-electron chi connectivity index (χ2n) is 29.0. The van der Waals surface area contributed by atoms with E-state index in [1.807, 2.05) is 0 Å². The summed E-state index contributed by atoms with van der Waals surface area (Å²) in [5.41, 5.74) is -3.34. The van der Waals surface area contributed by atoms with E-state index in [0.29, 0.717) is 19.3 Å². The number of carboxylic acid groups (broad SMARTS) is 1. The lowest BCUT2D eigenvalue weighted by atomic mass is 9.33. The lowest BCUT2D eigenvalue weighted by molar-refractivity contribution is -0.364. The van der Waals surface area contributed by atoms with E-state index in [9.17, 15) is 81.1 Å². The van der Waals surface area contributed by atoms with Crippen LogP contribution >= 0.6 is 0 Å². The molecular weight excluding hydrogens is 1180 g/mol. The van der Waals surface area contributed by atoms with Crippen molar-refractivity contribution in [3.8, 4) is 0 Å². The number of carbonyl (C=O) groups excluding carboxylic acids is 2. The van der Waals surface area contributed by atoms with Crippen molar-refractivity contribution in [2.24, 2.45) is 50.2 Å². The minimum Gasteiger partial charge on any atom is -0.481 e. The Morgan fingerprint density at radius 1 is 0.562 bits per heavy atom. The van der Waals surface area contributed by atoms with Crippen molar-refractivity contribution in [2.45, 2.75) is 280 Å². The quantitative estimate of drug-likeness (QED) is 0.0514. The first-order chi connectivity index (χ1) is 41.6. The van der Waals surface area contributed by atoms with Gasteiger partial charge in [-0.25, -0.2) is 0 Å². The van der Waals surface area contributed by atoms with Crippen LogP contribution in [0, 0.1) is 50.2 Å². The molecule has 33 atom stereocenters. The van der Waals surface area contributed by atoms with Gasteiger partial charge in [0.05, 0.1) is 42.4 Å². The van der Waals surface area contributed by atoms with Gasteiger partial charge in [-0.3, -0.25) is 14.4 Å². The topological polar surface area (TPSA) is 436 Å². The van der Waals surface area contributed by atoms with E-state index in [4.69, 9.17) is 52.1 Å². The van der Waals surface area contributed by atoms with Crippen LogP contribution in [0.5, 0.6) is 0 Å². The summed E-state index contributed by atoms with van der Waals surface area (Å²) in [4.78, 5) is 40.5. The van der Waals surface area contributed by atoms with Gasteiger partial charge in [0.25, 0.3) is 0 Å². The Morgan fingerprint density at radius 3 is 1.75 bits per heavy atom. The first kappa shape index (κ1) is 69.1. The molecule has 10 rings (SSSR count). The normalized spacial score (nSPS) is 53.2. The zero-order valence-corrected chi connectivity index (χ0v) is 51.9. The number of hydrogen-bond acceptors (Lipinski definition) is 27. The fraction of sp³-hybridized carbons (Fsp3) is 0.918. The van der Waals surface area contributed by atoms with E-state index in [0.717, 1.165) is 31.8 Å². The number of rotatable bonds is 14. The van der Waals surface area contributed by atoms with Crippen LogP contribution in [0.3, 0.4) is 0 Å². The molecule has 0 spiro atoms. The van der Waals surface area contributed by atoms with Gasteiger partial charge >= 0.3 is 17.9 Å². The Labute approximate surface area is 516 Å². The van der Waals surface area contributed by atoms with Crippen LogP contribution in [0.2, 0.25) is 0 Å². The van der Waals surface area contributed by atoms with E-state index < -0.39 is 212 Å². The van der Waals surface area contributed by atoms with E-state index >= 15 is 4.79 Å². The minimum atomic E-state index is -2.00. The molecule has 508 valence electrons. The highest BCUT2D eigenvalue weighted by molar-refractivity contribution is 5.81. The SMILES string of the molecule is CC(=O)OC[C@H]1O[C@@H](OC[C@H]2O[C@@H](OC(=O)[C@]34CC[C@@](C)(C(=O)O)C[C@H]3C3=CC[C@@H]5[C@@]6(C)CC[C@H](O[C@@H]7OC[C@H](O)[C@H](O)[C@H]7O[C@@H]7O[C@@H](C)[C@H](O)[C@@H](O)[C@H]7O)C(C)(C)[C@@H]6CC[C@@]5(C)[C@]3(C)CC4)[C@H](O)[C@@H](O)[C@@H]2O)[C@H](O)[C@@H](O)[C@@H]1O[C@@H]1O[C@@H](C)[C@H](O)[C@@H](O)[C@H]1O. The summed E-state index contributed by atoms with van der Waals surface area (Å²) in [6, 6.07) is 0. The summed E-state index contributed by atoms with van der Waals surface area (Å²) in [6.45, 7) is 15.3. The molecule has 5 heterocycles. The molecule has 89 heavy (non-hydrogen) atoms. The van der Waals surface area contributed by atoms with Crippen LogP contribution in [-0.4, -0.2) is 263 Å². The first-order valence-electron chi connectivity index (χ1n) is 31.5.